The number of nitrogens with zero attached hydrogens (tertiary/aromatic N) is 3. The molecule has 18 heavy (non-hydrogen) atoms. The lowest BCUT2D eigenvalue weighted by molar-refractivity contribution is 0.774. The van der Waals surface area contributed by atoms with Crippen molar-refractivity contribution >= 4 is 11.6 Å². The van der Waals surface area contributed by atoms with Gasteiger partial charge in [0.05, 0.1) is 0 Å². The van der Waals surface area contributed by atoms with Crippen LogP contribution in [0, 0.1) is 0 Å². The summed E-state index contributed by atoms with van der Waals surface area (Å²) in [4.78, 5) is 10.5. The molecule has 0 spiro atoms. The Kier molecular flexibility index (Phi) is 2.84. The van der Waals surface area contributed by atoms with Crippen molar-refractivity contribution < 1.29 is 0 Å². The van der Waals surface area contributed by atoms with Crippen LogP contribution in [-0.4, -0.2) is 23.1 Å². The minimum absolute atomic E-state index is 0.531. The fourth-order valence-electron chi connectivity index (χ4n) is 2.50. The van der Waals surface area contributed by atoms with E-state index in [1.165, 1.54) is 11.9 Å². The maximum absolute atomic E-state index is 5.69. The van der Waals surface area contributed by atoms with Crippen LogP contribution < -0.4 is 10.6 Å². The van der Waals surface area contributed by atoms with Gasteiger partial charge in [-0.3, -0.25) is 0 Å². The summed E-state index contributed by atoms with van der Waals surface area (Å²) in [6.07, 6.45) is 2.69. The number of nitrogens with two attached hydrogens (primary N) is 1. The van der Waals surface area contributed by atoms with E-state index in [0.717, 1.165) is 25.3 Å². The highest BCUT2D eigenvalue weighted by Crippen LogP contribution is 2.29. The van der Waals surface area contributed by atoms with E-state index < -0.39 is 0 Å². The van der Waals surface area contributed by atoms with Gasteiger partial charge in [0.1, 0.15) is 18.0 Å². The SMILES string of the molecule is Nc1cc(N2CCC(c3ccccc3)C2)ncn1. The van der Waals surface area contributed by atoms with Crippen molar-refractivity contribution in [3.63, 3.8) is 0 Å². The van der Waals surface area contributed by atoms with Gasteiger partial charge in [0.15, 0.2) is 0 Å². The lowest BCUT2D eigenvalue weighted by Crippen LogP contribution is -2.20. The molecule has 1 aromatic carbocycles. The van der Waals surface area contributed by atoms with Gasteiger partial charge >= 0.3 is 0 Å². The third-order valence-corrected chi connectivity index (χ3v) is 3.46. The second-order valence-electron chi connectivity index (χ2n) is 4.64. The topological polar surface area (TPSA) is 55.0 Å². The summed E-state index contributed by atoms with van der Waals surface area (Å²) >= 11 is 0. The molecule has 1 aliphatic rings. The first-order valence-corrected chi connectivity index (χ1v) is 6.20. The Bertz CT molecular complexity index is 526. The van der Waals surface area contributed by atoms with Gasteiger partial charge in [-0.25, -0.2) is 9.97 Å². The number of hydrogen-bond acceptors (Lipinski definition) is 4. The summed E-state index contributed by atoms with van der Waals surface area (Å²) in [6.45, 7) is 2.02. The van der Waals surface area contributed by atoms with Gasteiger partial charge < -0.3 is 10.6 Å². The average Bonchev–Trinajstić information content (AvgIpc) is 2.89. The van der Waals surface area contributed by atoms with Crippen LogP contribution >= 0.6 is 0 Å². The van der Waals surface area contributed by atoms with Crippen molar-refractivity contribution in [2.45, 2.75) is 12.3 Å². The molecule has 0 saturated carbocycles. The van der Waals surface area contributed by atoms with E-state index in [1.807, 2.05) is 6.07 Å². The maximum atomic E-state index is 5.69. The highest BCUT2D eigenvalue weighted by Gasteiger charge is 2.24. The molecular weight excluding hydrogens is 224 g/mol. The van der Waals surface area contributed by atoms with Crippen molar-refractivity contribution in [3.8, 4) is 0 Å². The number of rotatable bonds is 2. The quantitative estimate of drug-likeness (QED) is 0.873. The number of benzene rings is 1. The Hall–Kier alpha value is -2.10. The predicted octanol–water partition coefficient (Wildman–Crippen LogP) is 2.05. The third-order valence-electron chi connectivity index (χ3n) is 3.46. The highest BCUT2D eigenvalue weighted by molar-refractivity contribution is 5.47. The fraction of sp³-hybridized carbons (Fsp3) is 0.286. The molecular formula is C14H16N4. The highest BCUT2D eigenvalue weighted by atomic mass is 15.2. The predicted molar refractivity (Wildman–Crippen MR) is 72.5 cm³/mol. The molecule has 1 unspecified atom stereocenters. The number of nitrogen functional groups attached to an aromatic ring is 1. The van der Waals surface area contributed by atoms with E-state index in [4.69, 9.17) is 5.73 Å². The zero-order valence-electron chi connectivity index (χ0n) is 10.2. The Morgan fingerprint density at radius 2 is 2.00 bits per heavy atom. The zero-order valence-corrected chi connectivity index (χ0v) is 10.2. The van der Waals surface area contributed by atoms with E-state index in [1.54, 1.807) is 0 Å². The molecule has 0 radical (unpaired) electrons. The third kappa shape index (κ3) is 2.14. The number of aromatic nitrogens is 2. The van der Waals surface area contributed by atoms with Crippen molar-refractivity contribution in [2.75, 3.05) is 23.7 Å². The molecule has 1 fully saturated rings. The van der Waals surface area contributed by atoms with Crippen LogP contribution in [-0.2, 0) is 0 Å². The molecule has 0 amide bonds. The van der Waals surface area contributed by atoms with Crippen LogP contribution in [0.25, 0.3) is 0 Å². The second kappa shape index (κ2) is 4.64. The molecule has 0 aliphatic carbocycles. The Labute approximate surface area is 106 Å². The molecule has 0 bridgehead atoms. The van der Waals surface area contributed by atoms with Crippen molar-refractivity contribution in [1.82, 2.24) is 9.97 Å². The minimum Gasteiger partial charge on any atom is -0.384 e. The van der Waals surface area contributed by atoms with Crippen molar-refractivity contribution in [2.24, 2.45) is 0 Å². The minimum atomic E-state index is 0.531. The van der Waals surface area contributed by atoms with Gasteiger partial charge in [-0.1, -0.05) is 30.3 Å². The van der Waals surface area contributed by atoms with Gasteiger partial charge in [0.2, 0.25) is 0 Å². The van der Waals surface area contributed by atoms with Crippen LogP contribution in [0.3, 0.4) is 0 Å². The number of hydrogen-bond donors (Lipinski definition) is 1. The summed E-state index contributed by atoms with van der Waals surface area (Å²) in [5.74, 6) is 2.05. The lowest BCUT2D eigenvalue weighted by atomic mass is 9.99. The molecule has 2 aromatic rings. The maximum Gasteiger partial charge on any atom is 0.134 e. The van der Waals surface area contributed by atoms with Gasteiger partial charge in [0.25, 0.3) is 0 Å². The summed E-state index contributed by atoms with van der Waals surface area (Å²) in [7, 11) is 0. The summed E-state index contributed by atoms with van der Waals surface area (Å²) in [5, 5.41) is 0. The van der Waals surface area contributed by atoms with Gasteiger partial charge in [-0.15, -0.1) is 0 Å². The zero-order chi connectivity index (χ0) is 12.4. The normalized spacial score (nSPS) is 19.1. The second-order valence-corrected chi connectivity index (χ2v) is 4.64. The molecule has 1 aromatic heterocycles. The molecule has 1 aliphatic heterocycles. The van der Waals surface area contributed by atoms with E-state index >= 15 is 0 Å². The Morgan fingerprint density at radius 3 is 2.78 bits per heavy atom. The van der Waals surface area contributed by atoms with Crippen LogP contribution in [0.5, 0.6) is 0 Å². The van der Waals surface area contributed by atoms with E-state index in [-0.39, 0.29) is 0 Å². The summed E-state index contributed by atoms with van der Waals surface area (Å²) in [5.41, 5.74) is 7.10. The van der Waals surface area contributed by atoms with Crippen LogP contribution in [0.4, 0.5) is 11.6 Å². The molecule has 4 heteroatoms. The largest absolute Gasteiger partial charge is 0.384 e. The van der Waals surface area contributed by atoms with Crippen LogP contribution in [0.15, 0.2) is 42.7 Å². The first-order chi connectivity index (χ1) is 8.83. The monoisotopic (exact) mass is 240 g/mol. The summed E-state index contributed by atoms with van der Waals surface area (Å²) < 4.78 is 0. The van der Waals surface area contributed by atoms with E-state index in [2.05, 4.69) is 45.2 Å². The lowest BCUT2D eigenvalue weighted by Gasteiger charge is -2.17. The average molecular weight is 240 g/mol. The Balaban J connectivity index is 1.76. The van der Waals surface area contributed by atoms with Gasteiger partial charge in [-0.05, 0) is 12.0 Å². The smallest absolute Gasteiger partial charge is 0.134 e. The fourth-order valence-corrected chi connectivity index (χ4v) is 2.50. The molecule has 1 atom stereocenters. The number of anilines is 2. The van der Waals surface area contributed by atoms with Gasteiger partial charge in [0, 0.05) is 25.1 Å². The van der Waals surface area contributed by atoms with Crippen molar-refractivity contribution in [3.05, 3.63) is 48.3 Å². The first kappa shape index (κ1) is 11.0. The Morgan fingerprint density at radius 1 is 1.17 bits per heavy atom. The van der Waals surface area contributed by atoms with Crippen molar-refractivity contribution in [1.29, 1.82) is 0 Å². The summed E-state index contributed by atoms with van der Waals surface area (Å²) in [6, 6.07) is 12.5. The van der Waals surface area contributed by atoms with Gasteiger partial charge in [-0.2, -0.15) is 0 Å². The first-order valence-electron chi connectivity index (χ1n) is 6.20. The van der Waals surface area contributed by atoms with Crippen LogP contribution in [0.1, 0.15) is 17.9 Å². The molecule has 2 N–H and O–H groups in total. The molecule has 4 nitrogen and oxygen atoms in total. The molecule has 92 valence electrons. The van der Waals surface area contributed by atoms with E-state index in [0.29, 0.717) is 11.7 Å². The standard InChI is InChI=1S/C14H16N4/c15-13-8-14(17-10-16-13)18-7-6-12(9-18)11-4-2-1-3-5-11/h1-5,8,10,12H,6-7,9H2,(H2,15,16,17). The molecule has 3 rings (SSSR count). The van der Waals surface area contributed by atoms with Crippen LogP contribution in [0.2, 0.25) is 0 Å². The molecule has 2 heterocycles. The van der Waals surface area contributed by atoms with E-state index in [9.17, 15) is 0 Å². The molecule has 1 saturated heterocycles.